The second-order valence-electron chi connectivity index (χ2n) is 8.83. The van der Waals surface area contributed by atoms with Gasteiger partial charge in [-0.3, -0.25) is 10.2 Å². The lowest BCUT2D eigenvalue weighted by Gasteiger charge is -2.19. The lowest BCUT2D eigenvalue weighted by Crippen LogP contribution is -2.42. The third-order valence-electron chi connectivity index (χ3n) is 6.22. The molecule has 1 aliphatic heterocycles. The normalized spacial score (nSPS) is 17.3. The maximum atomic E-state index is 13.9. The lowest BCUT2D eigenvalue weighted by molar-refractivity contribution is -0.154. The maximum absolute atomic E-state index is 13.9. The van der Waals surface area contributed by atoms with E-state index in [9.17, 15) is 9.18 Å². The van der Waals surface area contributed by atoms with E-state index < -0.39 is 24.1 Å². The van der Waals surface area contributed by atoms with Gasteiger partial charge < -0.3 is 10.1 Å². The number of nitrogens with zero attached hydrogens (tertiary/aromatic N) is 6. The van der Waals surface area contributed by atoms with E-state index in [2.05, 4.69) is 41.5 Å². The molecule has 11 nitrogen and oxygen atoms in total. The molecule has 0 bridgehead atoms. The molecule has 3 aromatic heterocycles. The Hall–Kier alpha value is -3.78. The number of rotatable bonds is 8. The van der Waals surface area contributed by atoms with Crippen molar-refractivity contribution in [2.24, 2.45) is 0 Å². The number of amides is 2. The zero-order valence-electron chi connectivity index (χ0n) is 21.2. The molecule has 5 rings (SSSR count). The van der Waals surface area contributed by atoms with E-state index in [0.717, 1.165) is 11.3 Å². The highest BCUT2D eigenvalue weighted by molar-refractivity contribution is 9.10. The molecule has 2 amide bonds. The van der Waals surface area contributed by atoms with Gasteiger partial charge in [-0.2, -0.15) is 14.6 Å². The minimum absolute atomic E-state index is 0.379. The second-order valence-corrected chi connectivity index (χ2v) is 9.54. The second kappa shape index (κ2) is 11.9. The molecule has 202 valence electrons. The topological polar surface area (TPSA) is 119 Å². The molecule has 1 fully saturated rings. The summed E-state index contributed by atoms with van der Waals surface area (Å²) in [4.78, 5) is 31.5. The molecule has 2 N–H and O–H groups in total. The van der Waals surface area contributed by atoms with Crippen molar-refractivity contribution in [3.63, 3.8) is 0 Å². The summed E-state index contributed by atoms with van der Waals surface area (Å²) in [5, 5.41) is 12.4. The number of anilines is 1. The number of ether oxygens (including phenoxy) is 1. The molecule has 4 aromatic rings. The first kappa shape index (κ1) is 26.8. The zero-order valence-corrected chi connectivity index (χ0v) is 22.8. The lowest BCUT2D eigenvalue weighted by atomic mass is 10.0. The molecule has 1 aliphatic rings. The molecule has 13 heteroatoms. The van der Waals surface area contributed by atoms with Gasteiger partial charge in [0.2, 0.25) is 5.95 Å². The Morgan fingerprint density at radius 1 is 1.21 bits per heavy atom. The fourth-order valence-corrected chi connectivity index (χ4v) is 4.56. The van der Waals surface area contributed by atoms with E-state index in [4.69, 9.17) is 14.7 Å². The van der Waals surface area contributed by atoms with Gasteiger partial charge in [0.25, 0.3) is 0 Å². The summed E-state index contributed by atoms with van der Waals surface area (Å²) >= 11 is 3.25. The highest BCUT2D eigenvalue weighted by Gasteiger charge is 2.37. The fourth-order valence-electron chi connectivity index (χ4n) is 4.36. The van der Waals surface area contributed by atoms with Crippen LogP contribution < -0.4 is 10.6 Å². The Kier molecular flexibility index (Phi) is 8.21. The van der Waals surface area contributed by atoms with Crippen molar-refractivity contribution in [1.82, 2.24) is 35.1 Å². The molecule has 1 aromatic carbocycles. The molecule has 39 heavy (non-hydrogen) atoms. The summed E-state index contributed by atoms with van der Waals surface area (Å²) in [6.45, 7) is 3.17. The number of urea groups is 1. The van der Waals surface area contributed by atoms with Gasteiger partial charge in [-0.1, -0.05) is 18.2 Å². The molecule has 2 atom stereocenters. The van der Waals surface area contributed by atoms with Gasteiger partial charge in [0.15, 0.2) is 4.73 Å². The quantitative estimate of drug-likeness (QED) is 0.231. The van der Waals surface area contributed by atoms with Crippen molar-refractivity contribution < 1.29 is 18.8 Å². The van der Waals surface area contributed by atoms with Gasteiger partial charge in [0, 0.05) is 49.9 Å². The standard InChI is InChI=1S/C26H26BrFN8O3/c1-16-22(18-13-30-25(27)31-14-18)34-36(19-6-4-3-5-7-19)24(16)33-26(37)32-20-15-35(10-11-38-2)39-23(20)17-8-9-29-21(28)12-17/h3-9,12-14,20,23H,10-11,15H2,1-2H3,(H2,32,33,37)/t20-,23+/m1/s1. The van der Waals surface area contributed by atoms with E-state index >= 15 is 0 Å². The molecular weight excluding hydrogens is 571 g/mol. The SMILES string of the molecule is COCCN1C[C@@H](NC(=O)Nc2c(C)c(-c3cnc(Br)nc3)nn2-c2ccccc2)[C@H](c2ccnc(F)c2)O1. The monoisotopic (exact) mass is 596 g/mol. The molecule has 0 unspecified atom stereocenters. The fraction of sp³-hybridized carbons (Fsp3) is 0.269. The minimum atomic E-state index is -0.624. The molecule has 1 saturated heterocycles. The number of carbonyl (C=O) groups excluding carboxylic acids is 1. The average Bonchev–Trinajstić information content (AvgIpc) is 3.49. The molecule has 0 saturated carbocycles. The van der Waals surface area contributed by atoms with E-state index in [1.807, 2.05) is 37.3 Å². The van der Waals surface area contributed by atoms with Gasteiger partial charge in [-0.15, -0.1) is 0 Å². The smallest absolute Gasteiger partial charge is 0.320 e. The van der Waals surface area contributed by atoms with Crippen molar-refractivity contribution >= 4 is 27.8 Å². The number of benzene rings is 1. The van der Waals surface area contributed by atoms with Crippen LogP contribution in [0, 0.1) is 12.9 Å². The number of hydroxylamine groups is 2. The van der Waals surface area contributed by atoms with Crippen molar-refractivity contribution in [2.45, 2.75) is 19.1 Å². The minimum Gasteiger partial charge on any atom is -0.383 e. The summed E-state index contributed by atoms with van der Waals surface area (Å²) < 4.78 is 21.2. The first-order valence-electron chi connectivity index (χ1n) is 12.2. The Morgan fingerprint density at radius 2 is 1.97 bits per heavy atom. The van der Waals surface area contributed by atoms with Crippen molar-refractivity contribution in [3.8, 4) is 16.9 Å². The number of hydrogen-bond acceptors (Lipinski definition) is 8. The molecule has 0 radical (unpaired) electrons. The van der Waals surface area contributed by atoms with Crippen LogP contribution in [0.3, 0.4) is 0 Å². The number of nitrogens with one attached hydrogen (secondary N) is 2. The van der Waals surface area contributed by atoms with E-state index in [-0.39, 0.29) is 0 Å². The Labute approximate surface area is 232 Å². The van der Waals surface area contributed by atoms with Crippen LogP contribution in [0.25, 0.3) is 16.9 Å². The molecule has 0 aliphatic carbocycles. The number of hydrogen-bond donors (Lipinski definition) is 2. The van der Waals surface area contributed by atoms with Crippen molar-refractivity contribution in [1.29, 1.82) is 0 Å². The highest BCUT2D eigenvalue weighted by Crippen LogP contribution is 2.32. The van der Waals surface area contributed by atoms with Crippen LogP contribution in [0.4, 0.5) is 15.0 Å². The van der Waals surface area contributed by atoms with Crippen LogP contribution in [-0.4, -0.2) is 68.7 Å². The summed E-state index contributed by atoms with van der Waals surface area (Å²) in [6, 6.07) is 11.5. The maximum Gasteiger partial charge on any atom is 0.320 e. The summed E-state index contributed by atoms with van der Waals surface area (Å²) in [5.41, 5.74) is 3.39. The van der Waals surface area contributed by atoms with Gasteiger partial charge in [-0.25, -0.2) is 24.4 Å². The number of para-hydroxylation sites is 1. The Morgan fingerprint density at radius 3 is 2.69 bits per heavy atom. The first-order chi connectivity index (χ1) is 18.9. The van der Waals surface area contributed by atoms with E-state index in [1.54, 1.807) is 35.3 Å². The molecule has 4 heterocycles. The third kappa shape index (κ3) is 6.11. The van der Waals surface area contributed by atoms with Gasteiger partial charge in [0.1, 0.15) is 17.6 Å². The van der Waals surface area contributed by atoms with Gasteiger partial charge >= 0.3 is 6.03 Å². The predicted molar refractivity (Wildman–Crippen MR) is 144 cm³/mol. The summed E-state index contributed by atoms with van der Waals surface area (Å²) in [7, 11) is 1.60. The molecule has 0 spiro atoms. The van der Waals surface area contributed by atoms with Gasteiger partial charge in [-0.05, 0) is 52.7 Å². The average molecular weight is 597 g/mol. The van der Waals surface area contributed by atoms with Crippen LogP contribution in [0.1, 0.15) is 17.2 Å². The summed E-state index contributed by atoms with van der Waals surface area (Å²) in [5.74, 6) is -0.139. The number of aromatic nitrogens is 5. The predicted octanol–water partition coefficient (Wildman–Crippen LogP) is 4.06. The summed E-state index contributed by atoms with van der Waals surface area (Å²) in [6.07, 6.45) is 4.09. The number of carbonyl (C=O) groups is 1. The van der Waals surface area contributed by atoms with E-state index in [1.165, 1.54) is 12.3 Å². The van der Waals surface area contributed by atoms with Crippen LogP contribution in [0.5, 0.6) is 0 Å². The van der Waals surface area contributed by atoms with Crippen LogP contribution in [0.15, 0.2) is 65.8 Å². The zero-order chi connectivity index (χ0) is 27.4. The largest absolute Gasteiger partial charge is 0.383 e. The van der Waals surface area contributed by atoms with E-state index in [0.29, 0.717) is 47.1 Å². The Balaban J connectivity index is 1.42. The number of pyridine rings is 1. The van der Waals surface area contributed by atoms with Crippen LogP contribution in [0.2, 0.25) is 0 Å². The van der Waals surface area contributed by atoms with Gasteiger partial charge in [0.05, 0.1) is 18.3 Å². The highest BCUT2D eigenvalue weighted by atomic mass is 79.9. The van der Waals surface area contributed by atoms with Crippen molar-refractivity contribution in [3.05, 3.63) is 82.9 Å². The number of halogens is 2. The Bertz CT molecular complexity index is 1440. The van der Waals surface area contributed by atoms with Crippen LogP contribution >= 0.6 is 15.9 Å². The number of methoxy groups -OCH3 is 1. The van der Waals surface area contributed by atoms with Crippen molar-refractivity contribution in [2.75, 3.05) is 32.1 Å². The molecular formula is C26H26BrFN8O3. The van der Waals surface area contributed by atoms with Crippen LogP contribution in [-0.2, 0) is 9.57 Å². The third-order valence-corrected chi connectivity index (χ3v) is 6.63. The first-order valence-corrected chi connectivity index (χ1v) is 12.9.